The lowest BCUT2D eigenvalue weighted by atomic mass is 10.2. The molecule has 0 atom stereocenters. The van der Waals surface area contributed by atoms with Crippen molar-refractivity contribution in [1.82, 2.24) is 0 Å². The maximum atomic E-state index is 12.7. The first-order valence-corrected chi connectivity index (χ1v) is 7.72. The average molecular weight is 365 g/mol. The third-order valence-electron chi connectivity index (χ3n) is 3.65. The lowest BCUT2D eigenvalue weighted by Crippen LogP contribution is -2.23. The molecule has 0 aliphatic heterocycles. The van der Waals surface area contributed by atoms with E-state index < -0.39 is 17.6 Å². The molecular weight excluding hydrogens is 347 g/mol. The molecule has 0 heterocycles. The highest BCUT2D eigenvalue weighted by atomic mass is 19.4. The summed E-state index contributed by atoms with van der Waals surface area (Å²) in [5, 5.41) is 5.28. The Bertz CT molecular complexity index is 789. The highest BCUT2D eigenvalue weighted by Crippen LogP contribution is 2.30. The van der Waals surface area contributed by atoms with E-state index in [1.54, 1.807) is 31.3 Å². The van der Waals surface area contributed by atoms with Gasteiger partial charge in [-0.2, -0.15) is 13.2 Å². The highest BCUT2D eigenvalue weighted by Gasteiger charge is 2.30. The molecule has 0 aliphatic rings. The molecule has 8 heteroatoms. The number of benzene rings is 2. The number of hydrogen-bond donors (Lipinski definition) is 2. The van der Waals surface area contributed by atoms with Gasteiger partial charge in [-0.1, -0.05) is 6.07 Å². The van der Waals surface area contributed by atoms with Crippen LogP contribution in [0.3, 0.4) is 0 Å². The summed E-state index contributed by atoms with van der Waals surface area (Å²) in [4.78, 5) is 24.7. The normalized spacial score (nSPS) is 11.0. The van der Waals surface area contributed by atoms with Crippen LogP contribution in [-0.2, 0) is 15.8 Å². The third-order valence-corrected chi connectivity index (χ3v) is 3.65. The van der Waals surface area contributed by atoms with Gasteiger partial charge in [0.25, 0.3) is 0 Å². The molecular formula is C18H18F3N3O2. The lowest BCUT2D eigenvalue weighted by molar-refractivity contribution is -0.137. The quantitative estimate of drug-likeness (QED) is 0.849. The van der Waals surface area contributed by atoms with Crippen LogP contribution in [0.15, 0.2) is 48.5 Å². The van der Waals surface area contributed by atoms with Crippen molar-refractivity contribution in [1.29, 1.82) is 0 Å². The monoisotopic (exact) mass is 365 g/mol. The number of anilines is 3. The molecule has 0 radical (unpaired) electrons. The molecule has 2 amide bonds. The number of hydrogen-bond acceptors (Lipinski definition) is 3. The zero-order valence-corrected chi connectivity index (χ0v) is 14.2. The predicted molar refractivity (Wildman–Crippen MR) is 94.1 cm³/mol. The summed E-state index contributed by atoms with van der Waals surface area (Å²) < 4.78 is 38.0. The smallest absolute Gasteiger partial charge is 0.376 e. The maximum Gasteiger partial charge on any atom is 0.416 e. The van der Waals surface area contributed by atoms with Crippen molar-refractivity contribution in [3.63, 3.8) is 0 Å². The molecule has 26 heavy (non-hydrogen) atoms. The van der Waals surface area contributed by atoms with Gasteiger partial charge in [-0.25, -0.2) is 0 Å². The summed E-state index contributed by atoms with van der Waals surface area (Å²) in [7, 11) is 1.65. The fourth-order valence-electron chi connectivity index (χ4n) is 2.15. The first kappa shape index (κ1) is 19.3. The Morgan fingerprint density at radius 2 is 1.69 bits per heavy atom. The average Bonchev–Trinajstić information content (AvgIpc) is 2.59. The van der Waals surface area contributed by atoms with Gasteiger partial charge in [0.2, 0.25) is 11.8 Å². The first-order valence-electron chi connectivity index (χ1n) is 7.72. The fourth-order valence-corrected chi connectivity index (χ4v) is 2.15. The molecule has 0 aliphatic carbocycles. The fraction of sp³-hybridized carbons (Fsp3) is 0.222. The van der Waals surface area contributed by atoms with Gasteiger partial charge in [-0.05, 0) is 42.5 Å². The van der Waals surface area contributed by atoms with Gasteiger partial charge in [0.15, 0.2) is 0 Å². The van der Waals surface area contributed by atoms with E-state index in [9.17, 15) is 22.8 Å². The minimum atomic E-state index is -4.46. The van der Waals surface area contributed by atoms with Gasteiger partial charge < -0.3 is 15.5 Å². The minimum Gasteiger partial charge on any atom is -0.376 e. The first-order chi connectivity index (χ1) is 12.2. The highest BCUT2D eigenvalue weighted by molar-refractivity contribution is 5.94. The van der Waals surface area contributed by atoms with Gasteiger partial charge in [0.05, 0.1) is 12.1 Å². The van der Waals surface area contributed by atoms with E-state index in [4.69, 9.17) is 0 Å². The summed E-state index contributed by atoms with van der Waals surface area (Å²) in [6.07, 6.45) is -4.46. The Balaban J connectivity index is 1.92. The number of rotatable bonds is 5. The number of alkyl halides is 3. The molecule has 0 saturated carbocycles. The van der Waals surface area contributed by atoms with E-state index in [2.05, 4.69) is 10.6 Å². The second-order valence-corrected chi connectivity index (χ2v) is 5.61. The van der Waals surface area contributed by atoms with Gasteiger partial charge >= 0.3 is 6.18 Å². The molecule has 2 aromatic rings. The van der Waals surface area contributed by atoms with Crippen LogP contribution >= 0.6 is 0 Å². The number of halogens is 3. The maximum absolute atomic E-state index is 12.7. The van der Waals surface area contributed by atoms with E-state index in [-0.39, 0.29) is 18.1 Å². The van der Waals surface area contributed by atoms with Crippen LogP contribution in [0.4, 0.5) is 30.2 Å². The molecule has 2 N–H and O–H groups in total. The molecule has 2 rings (SSSR count). The Labute approximate surface area is 148 Å². The van der Waals surface area contributed by atoms with Crippen molar-refractivity contribution in [3.05, 3.63) is 54.1 Å². The van der Waals surface area contributed by atoms with Crippen LogP contribution in [0, 0.1) is 0 Å². The van der Waals surface area contributed by atoms with Gasteiger partial charge in [-0.3, -0.25) is 9.59 Å². The van der Waals surface area contributed by atoms with E-state index in [0.29, 0.717) is 11.4 Å². The van der Waals surface area contributed by atoms with Crippen molar-refractivity contribution in [2.75, 3.05) is 29.1 Å². The molecule has 2 aromatic carbocycles. The zero-order valence-electron chi connectivity index (χ0n) is 14.2. The van der Waals surface area contributed by atoms with Crippen molar-refractivity contribution in [3.8, 4) is 0 Å². The second kappa shape index (κ2) is 7.90. The Morgan fingerprint density at radius 1 is 1.04 bits per heavy atom. The molecule has 0 spiro atoms. The SMILES string of the molecule is CC(=O)N(C)c1ccc(NCC(=O)Nc2cccc(C(F)(F)F)c2)cc1. The molecule has 0 unspecified atom stereocenters. The Kier molecular flexibility index (Phi) is 5.86. The van der Waals surface area contributed by atoms with E-state index in [0.717, 1.165) is 12.1 Å². The molecule has 138 valence electrons. The van der Waals surface area contributed by atoms with Crippen LogP contribution in [-0.4, -0.2) is 25.4 Å². The van der Waals surface area contributed by atoms with E-state index in [1.807, 2.05) is 0 Å². The van der Waals surface area contributed by atoms with Crippen LogP contribution in [0.25, 0.3) is 0 Å². The van der Waals surface area contributed by atoms with Gasteiger partial charge in [-0.15, -0.1) is 0 Å². The molecule has 0 fully saturated rings. The molecule has 0 bridgehead atoms. The molecule has 0 saturated heterocycles. The summed E-state index contributed by atoms with van der Waals surface area (Å²) in [5.41, 5.74) is 0.597. The Morgan fingerprint density at radius 3 is 2.27 bits per heavy atom. The number of nitrogens with zero attached hydrogens (tertiary/aromatic N) is 1. The van der Waals surface area contributed by atoms with Gasteiger partial charge in [0.1, 0.15) is 0 Å². The summed E-state index contributed by atoms with van der Waals surface area (Å²) in [6.45, 7) is 1.34. The van der Waals surface area contributed by atoms with Crippen LogP contribution in [0.2, 0.25) is 0 Å². The van der Waals surface area contributed by atoms with Crippen molar-refractivity contribution in [2.24, 2.45) is 0 Å². The summed E-state index contributed by atoms with van der Waals surface area (Å²) >= 11 is 0. The second-order valence-electron chi connectivity index (χ2n) is 5.61. The van der Waals surface area contributed by atoms with Crippen molar-refractivity contribution >= 4 is 28.9 Å². The third kappa shape index (κ3) is 5.23. The minimum absolute atomic E-state index is 0.0741. The van der Waals surface area contributed by atoms with Crippen LogP contribution in [0.1, 0.15) is 12.5 Å². The van der Waals surface area contributed by atoms with Crippen LogP contribution in [0.5, 0.6) is 0 Å². The number of carbonyl (C=O) groups excluding carboxylic acids is 2. The standard InChI is InChI=1S/C18H18F3N3O2/c1-12(25)24(2)16-8-6-14(7-9-16)22-11-17(26)23-15-5-3-4-13(10-15)18(19,20)21/h3-10,22H,11H2,1-2H3,(H,23,26). The summed E-state index contributed by atoms with van der Waals surface area (Å²) in [6, 6.07) is 11.3. The van der Waals surface area contributed by atoms with Crippen molar-refractivity contribution in [2.45, 2.75) is 13.1 Å². The largest absolute Gasteiger partial charge is 0.416 e. The molecule has 0 aromatic heterocycles. The summed E-state index contributed by atoms with van der Waals surface area (Å²) in [5.74, 6) is -0.583. The Hall–Kier alpha value is -3.03. The van der Waals surface area contributed by atoms with Crippen LogP contribution < -0.4 is 15.5 Å². The van der Waals surface area contributed by atoms with E-state index >= 15 is 0 Å². The zero-order chi connectivity index (χ0) is 19.3. The van der Waals surface area contributed by atoms with E-state index in [1.165, 1.54) is 24.0 Å². The molecule has 5 nitrogen and oxygen atoms in total. The van der Waals surface area contributed by atoms with Gasteiger partial charge in [0, 0.05) is 31.0 Å². The lowest BCUT2D eigenvalue weighted by Gasteiger charge is -2.15. The number of nitrogens with one attached hydrogen (secondary N) is 2. The number of amides is 2. The topological polar surface area (TPSA) is 61.4 Å². The van der Waals surface area contributed by atoms with Crippen molar-refractivity contribution < 1.29 is 22.8 Å². The number of carbonyl (C=O) groups is 2. The predicted octanol–water partition coefficient (Wildman–Crippen LogP) is 3.74.